The molecule has 6 nitrogen and oxygen atoms in total. The summed E-state index contributed by atoms with van der Waals surface area (Å²) in [5, 5.41) is 23.8. The van der Waals surface area contributed by atoms with Crippen LogP contribution in [-0.4, -0.2) is 32.2 Å². The van der Waals surface area contributed by atoms with Crippen LogP contribution in [0.3, 0.4) is 0 Å². The summed E-state index contributed by atoms with van der Waals surface area (Å²) >= 11 is 0. The van der Waals surface area contributed by atoms with E-state index >= 15 is 0 Å². The normalized spacial score (nSPS) is 11.4. The Hall–Kier alpha value is -2.96. The van der Waals surface area contributed by atoms with Crippen molar-refractivity contribution in [3.05, 3.63) is 64.9 Å². The highest BCUT2D eigenvalue weighted by molar-refractivity contribution is 6.07. The largest absolute Gasteiger partial charge is 0.502 e. The Labute approximate surface area is 118 Å². The van der Waals surface area contributed by atoms with Gasteiger partial charge in [-0.15, -0.1) is 0 Å². The molecule has 1 heterocycles. The number of ketones is 1. The van der Waals surface area contributed by atoms with E-state index in [9.17, 15) is 14.0 Å². The molecule has 0 aliphatic heterocycles. The van der Waals surface area contributed by atoms with E-state index in [1.54, 1.807) is 12.1 Å². The van der Waals surface area contributed by atoms with Crippen molar-refractivity contribution in [3.63, 3.8) is 0 Å². The molecule has 2 rings (SSSR count). The van der Waals surface area contributed by atoms with Gasteiger partial charge in [-0.05, 0) is 17.7 Å². The number of nitrogens with one attached hydrogen (secondary N) is 1. The molecule has 0 amide bonds. The van der Waals surface area contributed by atoms with Gasteiger partial charge in [-0.1, -0.05) is 12.1 Å². The average Bonchev–Trinajstić information content (AvgIpc) is 2.86. The number of aromatic nitrogens is 2. The van der Waals surface area contributed by atoms with Crippen molar-refractivity contribution < 1.29 is 24.2 Å². The first-order chi connectivity index (χ1) is 9.97. The monoisotopic (exact) mass is 290 g/mol. The Morgan fingerprint density at radius 3 is 2.76 bits per heavy atom. The van der Waals surface area contributed by atoms with Gasteiger partial charge in [0, 0.05) is 18.1 Å². The van der Waals surface area contributed by atoms with Gasteiger partial charge in [0.05, 0.1) is 6.20 Å². The second-order valence-corrected chi connectivity index (χ2v) is 4.28. The number of nitrogens with zero attached hydrogens (tertiary/aromatic N) is 1. The van der Waals surface area contributed by atoms with E-state index in [4.69, 9.17) is 10.2 Å². The molecule has 0 spiro atoms. The third kappa shape index (κ3) is 3.53. The quantitative estimate of drug-likeness (QED) is 0.443. The molecule has 0 aliphatic carbocycles. The maximum Gasteiger partial charge on any atom is 0.371 e. The van der Waals surface area contributed by atoms with Gasteiger partial charge in [-0.25, -0.2) is 9.18 Å². The predicted molar refractivity (Wildman–Crippen MR) is 70.5 cm³/mol. The van der Waals surface area contributed by atoms with Crippen molar-refractivity contribution in [2.75, 3.05) is 0 Å². The lowest BCUT2D eigenvalue weighted by atomic mass is 10.0. The van der Waals surface area contributed by atoms with Crippen LogP contribution in [-0.2, 0) is 11.2 Å². The van der Waals surface area contributed by atoms with Crippen molar-refractivity contribution in [1.82, 2.24) is 10.2 Å². The van der Waals surface area contributed by atoms with Crippen LogP contribution in [0.25, 0.3) is 0 Å². The van der Waals surface area contributed by atoms with E-state index in [0.29, 0.717) is 17.2 Å². The molecular formula is C14H11FN2O4. The number of carbonyl (C=O) groups excluding carboxylic acids is 1. The van der Waals surface area contributed by atoms with Crippen molar-refractivity contribution >= 4 is 11.8 Å². The fourth-order valence-electron chi connectivity index (χ4n) is 1.78. The van der Waals surface area contributed by atoms with Crippen LogP contribution >= 0.6 is 0 Å². The smallest absolute Gasteiger partial charge is 0.371 e. The van der Waals surface area contributed by atoms with E-state index in [1.807, 2.05) is 0 Å². The summed E-state index contributed by atoms with van der Waals surface area (Å²) < 4.78 is 13.1. The van der Waals surface area contributed by atoms with Crippen molar-refractivity contribution in [3.8, 4) is 0 Å². The van der Waals surface area contributed by atoms with E-state index in [0.717, 1.165) is 0 Å². The van der Waals surface area contributed by atoms with Gasteiger partial charge in [-0.3, -0.25) is 9.89 Å². The first-order valence-corrected chi connectivity index (χ1v) is 5.92. The number of aliphatic hydroxyl groups is 1. The number of carboxylic acids is 1. The van der Waals surface area contributed by atoms with Crippen LogP contribution in [0, 0.1) is 5.82 Å². The number of allylic oxidation sites excluding steroid dienone is 1. The number of aliphatic carboxylic acids is 1. The molecule has 0 atom stereocenters. The Kier molecular flexibility index (Phi) is 4.13. The summed E-state index contributed by atoms with van der Waals surface area (Å²) in [6.07, 6.45) is 2.23. The van der Waals surface area contributed by atoms with E-state index < -0.39 is 23.3 Å². The van der Waals surface area contributed by atoms with Crippen LogP contribution in [0.1, 0.15) is 21.6 Å². The van der Waals surface area contributed by atoms with Crippen LogP contribution in [0.4, 0.5) is 4.39 Å². The molecule has 0 bridgehead atoms. The number of hydrogen-bond donors (Lipinski definition) is 3. The fourth-order valence-corrected chi connectivity index (χ4v) is 1.78. The number of halogens is 1. The molecule has 108 valence electrons. The number of carboxylic acid groups (broad SMARTS) is 1. The summed E-state index contributed by atoms with van der Waals surface area (Å²) in [5.41, 5.74) is 1.16. The molecule has 1 aromatic carbocycles. The highest BCUT2D eigenvalue weighted by Crippen LogP contribution is 2.14. The van der Waals surface area contributed by atoms with Gasteiger partial charge in [0.25, 0.3) is 0 Å². The average molecular weight is 290 g/mol. The van der Waals surface area contributed by atoms with E-state index in [-0.39, 0.29) is 12.1 Å². The number of rotatable bonds is 5. The van der Waals surface area contributed by atoms with E-state index in [2.05, 4.69) is 10.2 Å². The number of benzene rings is 1. The van der Waals surface area contributed by atoms with Gasteiger partial charge in [0.2, 0.25) is 11.5 Å². The Morgan fingerprint density at radius 1 is 1.33 bits per heavy atom. The van der Waals surface area contributed by atoms with Crippen LogP contribution in [0.2, 0.25) is 0 Å². The minimum Gasteiger partial charge on any atom is -0.502 e. The molecule has 7 heteroatoms. The Morgan fingerprint density at radius 2 is 2.10 bits per heavy atom. The zero-order chi connectivity index (χ0) is 15.4. The number of carbonyl (C=O) groups is 2. The zero-order valence-electron chi connectivity index (χ0n) is 10.7. The lowest BCUT2D eigenvalue weighted by Gasteiger charge is -2.01. The number of aromatic amines is 1. The maximum absolute atomic E-state index is 13.1. The minimum absolute atomic E-state index is 0.0482. The second-order valence-electron chi connectivity index (χ2n) is 4.28. The third-order valence-electron chi connectivity index (χ3n) is 2.73. The highest BCUT2D eigenvalue weighted by atomic mass is 19.1. The lowest BCUT2D eigenvalue weighted by Crippen LogP contribution is -2.06. The summed E-state index contributed by atoms with van der Waals surface area (Å²) in [5.74, 6) is -3.79. The maximum atomic E-state index is 13.1. The number of H-pyrrole nitrogens is 1. The van der Waals surface area contributed by atoms with Crippen LogP contribution in [0.5, 0.6) is 0 Å². The van der Waals surface area contributed by atoms with Crippen molar-refractivity contribution in [2.24, 2.45) is 0 Å². The molecule has 1 aromatic heterocycles. The second kappa shape index (κ2) is 6.00. The van der Waals surface area contributed by atoms with Crippen molar-refractivity contribution in [1.29, 1.82) is 0 Å². The van der Waals surface area contributed by atoms with E-state index in [1.165, 1.54) is 18.3 Å². The molecule has 3 N–H and O–H groups in total. The molecule has 0 aliphatic rings. The van der Waals surface area contributed by atoms with Gasteiger partial charge in [-0.2, -0.15) is 5.10 Å². The summed E-state index contributed by atoms with van der Waals surface area (Å²) in [4.78, 5) is 22.3. The highest BCUT2D eigenvalue weighted by Gasteiger charge is 2.15. The molecular weight excluding hydrogens is 279 g/mol. The Balaban J connectivity index is 2.25. The lowest BCUT2D eigenvalue weighted by molar-refractivity contribution is -0.135. The summed E-state index contributed by atoms with van der Waals surface area (Å²) in [7, 11) is 0. The minimum atomic E-state index is -1.60. The Bertz CT molecular complexity index is 721. The molecule has 0 radical (unpaired) electrons. The first-order valence-electron chi connectivity index (χ1n) is 5.92. The van der Waals surface area contributed by atoms with Crippen LogP contribution in [0.15, 0.2) is 42.3 Å². The first kappa shape index (κ1) is 14.4. The molecule has 2 aromatic rings. The molecule has 21 heavy (non-hydrogen) atoms. The molecule has 0 fully saturated rings. The van der Waals surface area contributed by atoms with Crippen LogP contribution < -0.4 is 0 Å². The molecule has 0 saturated carbocycles. The number of aliphatic hydroxyl groups excluding tert-OH is 1. The van der Waals surface area contributed by atoms with Crippen molar-refractivity contribution in [2.45, 2.75) is 6.42 Å². The summed E-state index contributed by atoms with van der Waals surface area (Å²) in [6.45, 7) is 0. The third-order valence-corrected chi connectivity index (χ3v) is 2.73. The predicted octanol–water partition coefficient (Wildman–Crippen LogP) is 1.85. The molecule has 0 saturated heterocycles. The zero-order valence-corrected chi connectivity index (χ0v) is 10.7. The SMILES string of the molecule is O=C(O)C(O)=CC(=O)c1[nH]ncc1Cc1cccc(F)c1. The molecule has 0 unspecified atom stereocenters. The van der Waals surface area contributed by atoms with Gasteiger partial charge in [0.15, 0.2) is 0 Å². The van der Waals surface area contributed by atoms with Gasteiger partial charge >= 0.3 is 5.97 Å². The van der Waals surface area contributed by atoms with Gasteiger partial charge in [0.1, 0.15) is 11.5 Å². The number of hydrogen-bond acceptors (Lipinski definition) is 4. The summed E-state index contributed by atoms with van der Waals surface area (Å²) in [6, 6.07) is 5.86. The van der Waals surface area contributed by atoms with Gasteiger partial charge < -0.3 is 10.2 Å². The fraction of sp³-hybridized carbons (Fsp3) is 0.0714. The topological polar surface area (TPSA) is 103 Å². The standard InChI is InChI=1S/C14H11FN2O4/c15-10-3-1-2-8(5-10)4-9-7-16-17-13(9)11(18)6-12(19)14(20)21/h1-3,5-7,19H,4H2,(H,16,17)(H,20,21).